The number of aliphatic hydroxyl groups excluding tert-OH is 2. The summed E-state index contributed by atoms with van der Waals surface area (Å²) >= 11 is 0. The first-order chi connectivity index (χ1) is 6.08. The topological polar surface area (TPSA) is 61.7 Å². The van der Waals surface area contributed by atoms with Crippen LogP contribution in [0.2, 0.25) is 0 Å². The first kappa shape index (κ1) is 12.8. The fourth-order valence-corrected chi connectivity index (χ4v) is 0.822. The van der Waals surface area contributed by atoms with Crippen LogP contribution in [0.3, 0.4) is 0 Å². The molecule has 4 heteroatoms. The Bertz CT molecular complexity index is 126. The molecule has 0 amide bonds. The van der Waals surface area contributed by atoms with Crippen molar-refractivity contribution in [3.8, 4) is 0 Å². The van der Waals surface area contributed by atoms with E-state index in [-0.39, 0.29) is 19.3 Å². The zero-order chi connectivity index (χ0) is 10.3. The van der Waals surface area contributed by atoms with Crippen molar-refractivity contribution in [3.05, 3.63) is 0 Å². The average molecular weight is 191 g/mol. The van der Waals surface area contributed by atoms with E-state index in [1.54, 1.807) is 7.11 Å². The van der Waals surface area contributed by atoms with Crippen LogP contribution >= 0.6 is 0 Å². The monoisotopic (exact) mass is 191 g/mol. The van der Waals surface area contributed by atoms with E-state index in [2.05, 4.69) is 5.32 Å². The van der Waals surface area contributed by atoms with E-state index in [9.17, 15) is 0 Å². The summed E-state index contributed by atoms with van der Waals surface area (Å²) in [6.07, 6.45) is 0.154. The lowest BCUT2D eigenvalue weighted by Crippen LogP contribution is -2.40. The van der Waals surface area contributed by atoms with Crippen molar-refractivity contribution in [2.45, 2.75) is 20.0 Å². The molecule has 0 aromatic heterocycles. The number of ether oxygens (including phenoxy) is 1. The second kappa shape index (κ2) is 6.32. The summed E-state index contributed by atoms with van der Waals surface area (Å²) in [6.45, 7) is 5.08. The van der Waals surface area contributed by atoms with Gasteiger partial charge in [0.05, 0.1) is 19.3 Å². The summed E-state index contributed by atoms with van der Waals surface area (Å²) in [5.41, 5.74) is -0.437. The normalized spacial score (nSPS) is 14.5. The van der Waals surface area contributed by atoms with Crippen LogP contribution in [0.5, 0.6) is 0 Å². The van der Waals surface area contributed by atoms with Gasteiger partial charge < -0.3 is 20.3 Å². The number of hydrogen-bond acceptors (Lipinski definition) is 4. The van der Waals surface area contributed by atoms with Crippen LogP contribution in [0, 0.1) is 5.41 Å². The van der Waals surface area contributed by atoms with Crippen molar-refractivity contribution in [2.75, 3.05) is 33.4 Å². The van der Waals surface area contributed by atoms with Crippen molar-refractivity contribution in [1.29, 1.82) is 0 Å². The molecule has 13 heavy (non-hydrogen) atoms. The summed E-state index contributed by atoms with van der Waals surface area (Å²) in [4.78, 5) is 0. The molecule has 0 fully saturated rings. The van der Waals surface area contributed by atoms with Gasteiger partial charge in [0.15, 0.2) is 0 Å². The van der Waals surface area contributed by atoms with E-state index in [0.717, 1.165) is 6.54 Å². The maximum absolute atomic E-state index is 8.98. The van der Waals surface area contributed by atoms with Crippen molar-refractivity contribution in [1.82, 2.24) is 5.32 Å². The summed E-state index contributed by atoms with van der Waals surface area (Å²) < 4.78 is 5.04. The molecule has 0 aromatic rings. The lowest BCUT2D eigenvalue weighted by atomic mass is 9.93. The minimum atomic E-state index is -0.437. The van der Waals surface area contributed by atoms with Gasteiger partial charge in [0.2, 0.25) is 0 Å². The molecule has 0 bridgehead atoms. The summed E-state index contributed by atoms with van der Waals surface area (Å²) in [7, 11) is 1.66. The molecular weight excluding hydrogens is 170 g/mol. The molecule has 0 aromatic carbocycles. The second-order valence-corrected chi connectivity index (χ2v) is 3.80. The highest BCUT2D eigenvalue weighted by molar-refractivity contribution is 4.75. The third-order valence-electron chi connectivity index (χ3n) is 2.15. The van der Waals surface area contributed by atoms with E-state index in [1.165, 1.54) is 0 Å². The zero-order valence-electron chi connectivity index (χ0n) is 8.71. The quantitative estimate of drug-likeness (QED) is 0.512. The van der Waals surface area contributed by atoms with Crippen LogP contribution in [-0.2, 0) is 4.74 Å². The van der Waals surface area contributed by atoms with E-state index in [1.807, 2.05) is 13.8 Å². The molecule has 0 radical (unpaired) electrons. The molecule has 80 valence electrons. The van der Waals surface area contributed by atoms with Gasteiger partial charge in [-0.05, 0) is 6.92 Å². The SMILES string of the molecule is COC(C)CNCC(C)(CO)CO. The third-order valence-corrected chi connectivity index (χ3v) is 2.15. The minimum absolute atomic E-state index is 0.0160. The molecule has 0 saturated carbocycles. The van der Waals surface area contributed by atoms with Crippen LogP contribution in [0.25, 0.3) is 0 Å². The molecule has 0 saturated heterocycles. The second-order valence-electron chi connectivity index (χ2n) is 3.80. The van der Waals surface area contributed by atoms with E-state index >= 15 is 0 Å². The summed E-state index contributed by atoms with van der Waals surface area (Å²) in [5.74, 6) is 0. The number of hydrogen-bond donors (Lipinski definition) is 3. The Balaban J connectivity index is 3.61. The maximum atomic E-state index is 8.98. The summed E-state index contributed by atoms with van der Waals surface area (Å²) in [6, 6.07) is 0. The van der Waals surface area contributed by atoms with E-state index in [4.69, 9.17) is 14.9 Å². The number of rotatable bonds is 7. The predicted molar refractivity (Wildman–Crippen MR) is 51.6 cm³/mol. The van der Waals surface area contributed by atoms with Gasteiger partial charge >= 0.3 is 0 Å². The van der Waals surface area contributed by atoms with Crippen molar-refractivity contribution in [2.24, 2.45) is 5.41 Å². The Morgan fingerprint density at radius 1 is 1.38 bits per heavy atom. The minimum Gasteiger partial charge on any atom is -0.396 e. The van der Waals surface area contributed by atoms with E-state index in [0.29, 0.717) is 6.54 Å². The fraction of sp³-hybridized carbons (Fsp3) is 1.00. The molecule has 0 aliphatic heterocycles. The summed E-state index contributed by atoms with van der Waals surface area (Å²) in [5, 5.41) is 21.1. The highest BCUT2D eigenvalue weighted by atomic mass is 16.5. The first-order valence-corrected chi connectivity index (χ1v) is 4.53. The molecule has 4 nitrogen and oxygen atoms in total. The highest BCUT2D eigenvalue weighted by Gasteiger charge is 2.21. The fourth-order valence-electron chi connectivity index (χ4n) is 0.822. The molecule has 0 rings (SSSR count). The Morgan fingerprint density at radius 2 is 1.92 bits per heavy atom. The number of nitrogens with one attached hydrogen (secondary N) is 1. The van der Waals surface area contributed by atoms with Crippen molar-refractivity contribution in [3.63, 3.8) is 0 Å². The van der Waals surface area contributed by atoms with Gasteiger partial charge in [0.25, 0.3) is 0 Å². The van der Waals surface area contributed by atoms with Gasteiger partial charge in [0, 0.05) is 25.6 Å². The molecule has 3 N–H and O–H groups in total. The third kappa shape index (κ3) is 5.21. The van der Waals surface area contributed by atoms with Gasteiger partial charge in [0.1, 0.15) is 0 Å². The van der Waals surface area contributed by atoms with E-state index < -0.39 is 5.41 Å². The lowest BCUT2D eigenvalue weighted by Gasteiger charge is -2.25. The highest BCUT2D eigenvalue weighted by Crippen LogP contribution is 2.11. The molecule has 0 aliphatic rings. The molecule has 0 heterocycles. The Morgan fingerprint density at radius 3 is 2.31 bits per heavy atom. The van der Waals surface area contributed by atoms with Crippen LogP contribution in [0.1, 0.15) is 13.8 Å². The van der Waals surface area contributed by atoms with Crippen LogP contribution in [-0.4, -0.2) is 49.7 Å². The molecule has 1 unspecified atom stereocenters. The largest absolute Gasteiger partial charge is 0.396 e. The predicted octanol–water partition coefficient (Wildman–Crippen LogP) is -0.398. The maximum Gasteiger partial charge on any atom is 0.0667 e. The molecule has 0 spiro atoms. The van der Waals surface area contributed by atoms with Crippen LogP contribution in [0.4, 0.5) is 0 Å². The average Bonchev–Trinajstić information content (AvgIpc) is 2.17. The smallest absolute Gasteiger partial charge is 0.0667 e. The Hall–Kier alpha value is -0.160. The Labute approximate surface area is 79.9 Å². The Kier molecular flexibility index (Phi) is 6.24. The van der Waals surface area contributed by atoms with Crippen molar-refractivity contribution < 1.29 is 14.9 Å². The van der Waals surface area contributed by atoms with Gasteiger partial charge in [-0.2, -0.15) is 0 Å². The molecular formula is C9H21NO3. The van der Waals surface area contributed by atoms with Gasteiger partial charge in [-0.25, -0.2) is 0 Å². The van der Waals surface area contributed by atoms with Gasteiger partial charge in [-0.3, -0.25) is 0 Å². The number of aliphatic hydroxyl groups is 2. The van der Waals surface area contributed by atoms with Crippen molar-refractivity contribution >= 4 is 0 Å². The van der Waals surface area contributed by atoms with Crippen LogP contribution in [0.15, 0.2) is 0 Å². The number of methoxy groups -OCH3 is 1. The van der Waals surface area contributed by atoms with Crippen LogP contribution < -0.4 is 5.32 Å². The zero-order valence-corrected chi connectivity index (χ0v) is 8.71. The van der Waals surface area contributed by atoms with Gasteiger partial charge in [-0.15, -0.1) is 0 Å². The lowest BCUT2D eigenvalue weighted by molar-refractivity contribution is 0.0623. The molecule has 1 atom stereocenters. The van der Waals surface area contributed by atoms with Gasteiger partial charge in [-0.1, -0.05) is 6.92 Å². The first-order valence-electron chi connectivity index (χ1n) is 4.53. The standard InChI is InChI=1S/C9H21NO3/c1-8(13-3)4-10-5-9(2,6-11)7-12/h8,10-12H,4-7H2,1-3H3. The molecule has 0 aliphatic carbocycles.